The summed E-state index contributed by atoms with van der Waals surface area (Å²) in [4.78, 5) is 27.1. The minimum absolute atomic E-state index is 0.0843. The van der Waals surface area contributed by atoms with Crippen LogP contribution >= 0.6 is 11.8 Å². The number of amides is 2. The third kappa shape index (κ3) is 3.66. The Kier molecular flexibility index (Phi) is 5.16. The molecule has 1 aromatic carbocycles. The van der Waals surface area contributed by atoms with Gasteiger partial charge in [0.1, 0.15) is 5.82 Å². The summed E-state index contributed by atoms with van der Waals surface area (Å²) in [6.07, 6.45) is -0.169. The molecule has 0 unspecified atom stereocenters. The maximum absolute atomic E-state index is 12.8. The van der Waals surface area contributed by atoms with Crippen LogP contribution in [0.1, 0.15) is 30.7 Å². The Labute approximate surface area is 168 Å². The van der Waals surface area contributed by atoms with E-state index in [-0.39, 0.29) is 12.2 Å². The van der Waals surface area contributed by atoms with Gasteiger partial charge in [-0.1, -0.05) is 12.1 Å². The zero-order valence-corrected chi connectivity index (χ0v) is 17.1. The average Bonchev–Trinajstić information content (AvgIpc) is 3.23. The molecule has 2 aliphatic rings. The quantitative estimate of drug-likeness (QED) is 0.784. The van der Waals surface area contributed by atoms with E-state index in [1.165, 1.54) is 0 Å². The minimum Gasteiger partial charge on any atom is -0.372 e. The number of carbonyl (C=O) groups excluding carboxylic acids is 2. The lowest BCUT2D eigenvalue weighted by atomic mass is 10.2. The topological polar surface area (TPSA) is 76.5 Å². The molecular weight excluding hydrogens is 376 g/mol. The lowest BCUT2D eigenvalue weighted by Crippen LogP contribution is -2.51. The third-order valence-corrected chi connectivity index (χ3v) is 5.90. The molecular formula is C20H24N4O3S. The Morgan fingerprint density at radius 3 is 2.68 bits per heavy atom. The molecule has 2 aromatic rings. The molecule has 7 nitrogen and oxygen atoms in total. The standard InChI is InChI=1S/C20H24N4O3S/c1-12-5-4-6-15(7-12)24-18(16-10-28-11-17(16)22-24)21-19(25)20(26)23-8-13(2)27-14(3)9-23/h4-7,13-14H,8-11H2,1-3H3,(H,21,25)/t13-,14-/m1/s1. The van der Waals surface area contributed by atoms with Crippen LogP contribution in [-0.4, -0.2) is 51.8 Å². The van der Waals surface area contributed by atoms with Crippen molar-refractivity contribution >= 4 is 29.4 Å². The SMILES string of the molecule is Cc1cccc(-n2nc3c(c2NC(=O)C(=O)N2C[C@@H](C)O[C@H](C)C2)CSC3)c1. The van der Waals surface area contributed by atoms with Crippen molar-refractivity contribution in [1.82, 2.24) is 14.7 Å². The molecule has 8 heteroatoms. The number of fused-ring (bicyclic) bond motifs is 1. The number of anilines is 1. The zero-order chi connectivity index (χ0) is 19.8. The van der Waals surface area contributed by atoms with Gasteiger partial charge in [-0.3, -0.25) is 9.59 Å². The average molecular weight is 401 g/mol. The number of carbonyl (C=O) groups is 2. The summed E-state index contributed by atoms with van der Waals surface area (Å²) in [5.41, 5.74) is 3.93. The van der Waals surface area contributed by atoms with Gasteiger partial charge < -0.3 is 15.0 Å². The lowest BCUT2D eigenvalue weighted by Gasteiger charge is -2.34. The third-order valence-electron chi connectivity index (χ3n) is 4.93. The number of rotatable bonds is 2. The number of benzene rings is 1. The fourth-order valence-corrected chi connectivity index (χ4v) is 4.77. The van der Waals surface area contributed by atoms with E-state index in [2.05, 4.69) is 10.4 Å². The molecule has 3 heterocycles. The van der Waals surface area contributed by atoms with E-state index in [4.69, 9.17) is 4.74 Å². The van der Waals surface area contributed by atoms with Crippen LogP contribution in [0.5, 0.6) is 0 Å². The molecule has 4 rings (SSSR count). The van der Waals surface area contributed by atoms with Crippen LogP contribution < -0.4 is 5.32 Å². The maximum Gasteiger partial charge on any atom is 0.315 e. The van der Waals surface area contributed by atoms with E-state index in [1.54, 1.807) is 21.3 Å². The second-order valence-corrected chi connectivity index (χ2v) is 8.42. The predicted molar refractivity (Wildman–Crippen MR) is 109 cm³/mol. The first-order chi connectivity index (χ1) is 13.4. The molecule has 0 radical (unpaired) electrons. The van der Waals surface area contributed by atoms with Gasteiger partial charge in [-0.05, 0) is 38.5 Å². The molecule has 0 bridgehead atoms. The molecule has 2 aliphatic heterocycles. The number of morpholine rings is 1. The highest BCUT2D eigenvalue weighted by molar-refractivity contribution is 7.98. The molecule has 1 N–H and O–H groups in total. The van der Waals surface area contributed by atoms with Crippen molar-refractivity contribution < 1.29 is 14.3 Å². The van der Waals surface area contributed by atoms with E-state index in [0.29, 0.717) is 18.9 Å². The molecule has 1 fully saturated rings. The van der Waals surface area contributed by atoms with Crippen LogP contribution in [0, 0.1) is 6.92 Å². The molecule has 2 amide bonds. The number of hydrogen-bond donors (Lipinski definition) is 1. The minimum atomic E-state index is -0.630. The number of nitrogens with zero attached hydrogens (tertiary/aromatic N) is 3. The predicted octanol–water partition coefficient (Wildman–Crippen LogP) is 2.50. The summed E-state index contributed by atoms with van der Waals surface area (Å²) >= 11 is 1.76. The van der Waals surface area contributed by atoms with Gasteiger partial charge in [-0.2, -0.15) is 16.9 Å². The van der Waals surface area contributed by atoms with Crippen molar-refractivity contribution in [3.63, 3.8) is 0 Å². The lowest BCUT2D eigenvalue weighted by molar-refractivity contribution is -0.151. The van der Waals surface area contributed by atoms with Crippen molar-refractivity contribution in [3.8, 4) is 5.69 Å². The first kappa shape index (κ1) is 19.0. The van der Waals surface area contributed by atoms with Crippen molar-refractivity contribution in [2.75, 3.05) is 18.4 Å². The van der Waals surface area contributed by atoms with E-state index < -0.39 is 11.8 Å². The molecule has 1 saturated heterocycles. The fraction of sp³-hybridized carbons (Fsp3) is 0.450. The molecule has 1 aromatic heterocycles. The van der Waals surface area contributed by atoms with E-state index >= 15 is 0 Å². The van der Waals surface area contributed by atoms with Gasteiger partial charge >= 0.3 is 11.8 Å². The Morgan fingerprint density at radius 1 is 1.21 bits per heavy atom. The summed E-state index contributed by atoms with van der Waals surface area (Å²) < 4.78 is 7.40. The number of hydrogen-bond acceptors (Lipinski definition) is 5. The van der Waals surface area contributed by atoms with Gasteiger partial charge in [-0.25, -0.2) is 4.68 Å². The van der Waals surface area contributed by atoms with Gasteiger partial charge in [-0.15, -0.1) is 0 Å². The van der Waals surface area contributed by atoms with Crippen molar-refractivity contribution in [2.24, 2.45) is 0 Å². The van der Waals surface area contributed by atoms with Gasteiger partial charge in [0, 0.05) is 30.2 Å². The van der Waals surface area contributed by atoms with Gasteiger partial charge in [0.15, 0.2) is 0 Å². The maximum atomic E-state index is 12.8. The summed E-state index contributed by atoms with van der Waals surface area (Å²) in [5, 5.41) is 7.54. The first-order valence-electron chi connectivity index (χ1n) is 9.43. The molecule has 2 atom stereocenters. The first-order valence-corrected chi connectivity index (χ1v) is 10.6. The number of aromatic nitrogens is 2. The molecule has 0 aliphatic carbocycles. The van der Waals surface area contributed by atoms with Crippen LogP contribution in [0.15, 0.2) is 24.3 Å². The van der Waals surface area contributed by atoms with E-state index in [1.807, 2.05) is 45.0 Å². The summed E-state index contributed by atoms with van der Waals surface area (Å²) in [6, 6.07) is 7.93. The summed E-state index contributed by atoms with van der Waals surface area (Å²) in [5.74, 6) is 1.02. The highest BCUT2D eigenvalue weighted by Gasteiger charge is 2.32. The van der Waals surface area contributed by atoms with Crippen LogP contribution in [-0.2, 0) is 25.8 Å². The van der Waals surface area contributed by atoms with Crippen molar-refractivity contribution in [2.45, 2.75) is 44.5 Å². The molecule has 0 saturated carbocycles. The Morgan fingerprint density at radius 2 is 1.96 bits per heavy atom. The Balaban J connectivity index is 1.61. The monoisotopic (exact) mass is 400 g/mol. The number of thioether (sulfide) groups is 1. The molecule has 28 heavy (non-hydrogen) atoms. The van der Waals surface area contributed by atoms with Crippen LogP contribution in [0.25, 0.3) is 5.69 Å². The number of nitrogens with one attached hydrogen (secondary N) is 1. The van der Waals surface area contributed by atoms with Gasteiger partial charge in [0.2, 0.25) is 0 Å². The summed E-state index contributed by atoms with van der Waals surface area (Å²) in [7, 11) is 0. The molecule has 148 valence electrons. The number of aryl methyl sites for hydroxylation is 1. The van der Waals surface area contributed by atoms with E-state index in [0.717, 1.165) is 34.0 Å². The number of ether oxygens (including phenoxy) is 1. The van der Waals surface area contributed by atoms with Crippen LogP contribution in [0.4, 0.5) is 5.82 Å². The van der Waals surface area contributed by atoms with Crippen molar-refractivity contribution in [3.05, 3.63) is 41.1 Å². The second kappa shape index (κ2) is 7.60. The highest BCUT2D eigenvalue weighted by atomic mass is 32.2. The van der Waals surface area contributed by atoms with Crippen molar-refractivity contribution in [1.29, 1.82) is 0 Å². The van der Waals surface area contributed by atoms with Gasteiger partial charge in [0.05, 0.1) is 23.6 Å². The Bertz CT molecular complexity index is 916. The van der Waals surface area contributed by atoms with E-state index in [9.17, 15) is 9.59 Å². The van der Waals surface area contributed by atoms with Crippen LogP contribution in [0.3, 0.4) is 0 Å². The highest BCUT2D eigenvalue weighted by Crippen LogP contribution is 2.36. The molecule has 0 spiro atoms. The Hall–Kier alpha value is -2.32. The zero-order valence-electron chi connectivity index (χ0n) is 16.3. The largest absolute Gasteiger partial charge is 0.372 e. The fourth-order valence-electron chi connectivity index (χ4n) is 3.74. The normalized spacial score (nSPS) is 21.5. The van der Waals surface area contributed by atoms with Crippen LogP contribution in [0.2, 0.25) is 0 Å². The van der Waals surface area contributed by atoms with Gasteiger partial charge in [0.25, 0.3) is 0 Å². The smallest absolute Gasteiger partial charge is 0.315 e. The summed E-state index contributed by atoms with van der Waals surface area (Å²) in [6.45, 7) is 6.66. The second-order valence-electron chi connectivity index (χ2n) is 7.44.